The Hall–Kier alpha value is -4.00. The number of nitrogens with zero attached hydrogens (tertiary/aromatic N) is 3. The first-order valence-electron chi connectivity index (χ1n) is 8.19. The van der Waals surface area contributed by atoms with Crippen molar-refractivity contribution in [3.05, 3.63) is 100 Å². The highest BCUT2D eigenvalue weighted by atomic mass is 16.6. The third kappa shape index (κ3) is 5.23. The monoisotopic (exact) mass is 359 g/mol. The summed E-state index contributed by atoms with van der Waals surface area (Å²) >= 11 is 0. The molecule has 0 saturated heterocycles. The second-order valence-electron chi connectivity index (χ2n) is 5.55. The quantitative estimate of drug-likeness (QED) is 0.369. The van der Waals surface area contributed by atoms with Gasteiger partial charge in [-0.05, 0) is 30.3 Å². The third-order valence-electron chi connectivity index (χ3n) is 3.60. The minimum absolute atomic E-state index is 0.0442. The Kier molecular flexibility index (Phi) is 5.88. The van der Waals surface area contributed by atoms with Crippen molar-refractivity contribution < 1.29 is 4.92 Å². The summed E-state index contributed by atoms with van der Waals surface area (Å²) in [7, 11) is 0. The lowest BCUT2D eigenvalue weighted by Crippen LogP contribution is -1.98. The summed E-state index contributed by atoms with van der Waals surface area (Å²) in [6.07, 6.45) is 2.96. The maximum absolute atomic E-state index is 11.4. The second kappa shape index (κ2) is 8.91. The van der Waals surface area contributed by atoms with Gasteiger partial charge in [0.25, 0.3) is 5.69 Å². The summed E-state index contributed by atoms with van der Waals surface area (Å²) in [6, 6.07) is 23.6. The first-order valence-corrected chi connectivity index (χ1v) is 8.19. The van der Waals surface area contributed by atoms with Crippen LogP contribution >= 0.6 is 0 Å². The number of hydrazone groups is 2. The highest BCUT2D eigenvalue weighted by molar-refractivity contribution is 5.89. The van der Waals surface area contributed by atoms with Crippen LogP contribution in [0.3, 0.4) is 0 Å². The normalized spacial score (nSPS) is 11.0. The number of benzene rings is 3. The molecule has 0 radical (unpaired) electrons. The van der Waals surface area contributed by atoms with Crippen LogP contribution in [0.25, 0.3) is 0 Å². The molecule has 0 aliphatic heterocycles. The summed E-state index contributed by atoms with van der Waals surface area (Å²) in [4.78, 5) is 10.9. The Morgan fingerprint density at radius 1 is 0.778 bits per heavy atom. The maximum Gasteiger partial charge on any atom is 0.278 e. The molecule has 3 rings (SSSR count). The molecule has 7 nitrogen and oxygen atoms in total. The zero-order valence-corrected chi connectivity index (χ0v) is 14.3. The fraction of sp³-hybridized carbons (Fsp3) is 0. The molecule has 0 bridgehead atoms. The van der Waals surface area contributed by atoms with Gasteiger partial charge in [-0.1, -0.05) is 42.5 Å². The van der Waals surface area contributed by atoms with Crippen LogP contribution in [0, 0.1) is 10.1 Å². The van der Waals surface area contributed by atoms with Crippen LogP contribution in [-0.2, 0) is 0 Å². The Morgan fingerprint density at radius 2 is 1.33 bits per heavy atom. The van der Waals surface area contributed by atoms with Gasteiger partial charge in [-0.15, -0.1) is 0 Å². The molecule has 0 unspecified atom stereocenters. The molecule has 3 aromatic carbocycles. The molecule has 0 atom stereocenters. The SMILES string of the molecule is O=[N+]([O-])c1cc(/C=N/Nc2ccccc2)ccc1/C=N\Nc1ccccc1. The highest BCUT2D eigenvalue weighted by Gasteiger charge is 2.12. The summed E-state index contributed by atoms with van der Waals surface area (Å²) in [5, 5.41) is 19.5. The van der Waals surface area contributed by atoms with E-state index < -0.39 is 4.92 Å². The van der Waals surface area contributed by atoms with E-state index in [-0.39, 0.29) is 5.69 Å². The van der Waals surface area contributed by atoms with E-state index in [9.17, 15) is 10.1 Å². The van der Waals surface area contributed by atoms with Gasteiger partial charge in [-0.2, -0.15) is 10.2 Å². The van der Waals surface area contributed by atoms with E-state index in [4.69, 9.17) is 0 Å². The van der Waals surface area contributed by atoms with E-state index in [0.29, 0.717) is 11.1 Å². The van der Waals surface area contributed by atoms with Crippen LogP contribution in [0.15, 0.2) is 89.1 Å². The zero-order chi connectivity index (χ0) is 18.9. The van der Waals surface area contributed by atoms with Crippen molar-refractivity contribution in [2.75, 3.05) is 10.9 Å². The molecular weight excluding hydrogens is 342 g/mol. The molecular formula is C20H17N5O2. The zero-order valence-electron chi connectivity index (χ0n) is 14.3. The average molecular weight is 359 g/mol. The largest absolute Gasteiger partial charge is 0.279 e. The third-order valence-corrected chi connectivity index (χ3v) is 3.60. The van der Waals surface area contributed by atoms with Gasteiger partial charge in [0.15, 0.2) is 0 Å². The fourth-order valence-corrected chi connectivity index (χ4v) is 2.29. The van der Waals surface area contributed by atoms with Gasteiger partial charge in [0.2, 0.25) is 0 Å². The maximum atomic E-state index is 11.4. The molecule has 0 amide bonds. The lowest BCUT2D eigenvalue weighted by Gasteiger charge is -2.02. The first-order chi connectivity index (χ1) is 13.2. The van der Waals surface area contributed by atoms with Crippen LogP contribution in [0.4, 0.5) is 17.1 Å². The summed E-state index contributed by atoms with van der Waals surface area (Å²) in [5.41, 5.74) is 8.30. The van der Waals surface area contributed by atoms with Crippen molar-refractivity contribution in [1.29, 1.82) is 0 Å². The summed E-state index contributed by atoms with van der Waals surface area (Å²) in [6.45, 7) is 0. The number of hydrogen-bond donors (Lipinski definition) is 2. The number of nitrogens with one attached hydrogen (secondary N) is 2. The van der Waals surface area contributed by atoms with E-state index in [2.05, 4.69) is 21.1 Å². The highest BCUT2D eigenvalue weighted by Crippen LogP contribution is 2.18. The number of rotatable bonds is 7. The average Bonchev–Trinajstić information content (AvgIpc) is 2.70. The number of para-hydroxylation sites is 2. The second-order valence-corrected chi connectivity index (χ2v) is 5.55. The molecule has 0 fully saturated rings. The minimum Gasteiger partial charge on any atom is -0.279 e. The standard InChI is InChI=1S/C20H17N5O2/c26-25(27)20-13-16(14-21-23-18-7-3-1-4-8-18)11-12-17(20)15-22-24-19-9-5-2-6-10-19/h1-15,23-24H/b21-14+,22-15-. The summed E-state index contributed by atoms with van der Waals surface area (Å²) in [5.74, 6) is 0. The van der Waals surface area contributed by atoms with Gasteiger partial charge < -0.3 is 0 Å². The van der Waals surface area contributed by atoms with E-state index in [1.165, 1.54) is 18.5 Å². The smallest absolute Gasteiger partial charge is 0.278 e. The van der Waals surface area contributed by atoms with Crippen LogP contribution in [0.2, 0.25) is 0 Å². The number of nitro benzene ring substituents is 1. The number of nitro groups is 1. The van der Waals surface area contributed by atoms with Crippen molar-refractivity contribution in [2.45, 2.75) is 0 Å². The minimum atomic E-state index is -0.439. The van der Waals surface area contributed by atoms with Gasteiger partial charge in [0.1, 0.15) is 0 Å². The Labute approximate surface area is 156 Å². The van der Waals surface area contributed by atoms with Crippen LogP contribution in [0.5, 0.6) is 0 Å². The van der Waals surface area contributed by atoms with Gasteiger partial charge in [-0.25, -0.2) is 0 Å². The Morgan fingerprint density at radius 3 is 1.89 bits per heavy atom. The number of hydrogen-bond acceptors (Lipinski definition) is 6. The summed E-state index contributed by atoms with van der Waals surface area (Å²) < 4.78 is 0. The molecule has 2 N–H and O–H groups in total. The molecule has 0 heterocycles. The molecule has 0 spiro atoms. The van der Waals surface area contributed by atoms with Crippen molar-refractivity contribution in [2.24, 2.45) is 10.2 Å². The van der Waals surface area contributed by atoms with Gasteiger partial charge >= 0.3 is 0 Å². The van der Waals surface area contributed by atoms with E-state index in [1.807, 2.05) is 60.7 Å². The van der Waals surface area contributed by atoms with Gasteiger partial charge in [-0.3, -0.25) is 21.0 Å². The molecule has 7 heteroatoms. The van der Waals surface area contributed by atoms with Crippen LogP contribution < -0.4 is 10.9 Å². The molecule has 0 aliphatic carbocycles. The van der Waals surface area contributed by atoms with Gasteiger partial charge in [0.05, 0.1) is 34.3 Å². The lowest BCUT2D eigenvalue weighted by atomic mass is 10.1. The molecule has 3 aromatic rings. The fourth-order valence-electron chi connectivity index (χ4n) is 2.29. The Bertz CT molecular complexity index is 957. The Balaban J connectivity index is 1.71. The lowest BCUT2D eigenvalue weighted by molar-refractivity contribution is -0.385. The topological polar surface area (TPSA) is 91.9 Å². The van der Waals surface area contributed by atoms with E-state index in [0.717, 1.165) is 11.4 Å². The van der Waals surface area contributed by atoms with Crippen molar-refractivity contribution in [1.82, 2.24) is 0 Å². The molecule has 0 aromatic heterocycles. The predicted octanol–water partition coefficient (Wildman–Crippen LogP) is 4.49. The van der Waals surface area contributed by atoms with Crippen molar-refractivity contribution in [3.63, 3.8) is 0 Å². The number of anilines is 2. The molecule has 0 aliphatic rings. The molecule has 27 heavy (non-hydrogen) atoms. The van der Waals surface area contributed by atoms with Crippen molar-refractivity contribution in [3.8, 4) is 0 Å². The molecule has 134 valence electrons. The van der Waals surface area contributed by atoms with E-state index >= 15 is 0 Å². The molecule has 0 saturated carbocycles. The van der Waals surface area contributed by atoms with Crippen LogP contribution in [-0.4, -0.2) is 17.4 Å². The van der Waals surface area contributed by atoms with Gasteiger partial charge in [0, 0.05) is 11.6 Å². The van der Waals surface area contributed by atoms with Crippen LogP contribution in [0.1, 0.15) is 11.1 Å². The van der Waals surface area contributed by atoms with Crippen molar-refractivity contribution >= 4 is 29.5 Å². The first kappa shape index (κ1) is 17.8. The predicted molar refractivity (Wildman–Crippen MR) is 108 cm³/mol. The van der Waals surface area contributed by atoms with E-state index in [1.54, 1.807) is 12.1 Å².